The van der Waals surface area contributed by atoms with Crippen LogP contribution in [-0.4, -0.2) is 22.2 Å². The molecule has 0 bridgehead atoms. The molecule has 0 spiro atoms. The molecule has 0 unspecified atom stereocenters. The van der Waals surface area contributed by atoms with E-state index in [1.807, 2.05) is 0 Å². The topological polar surface area (TPSA) is 74.6 Å². The van der Waals surface area contributed by atoms with Crippen molar-refractivity contribution in [2.24, 2.45) is 0 Å². The third-order valence-electron chi connectivity index (χ3n) is 4.51. The number of hydrogen-bond acceptors (Lipinski definition) is 2. The Morgan fingerprint density at radius 1 is 0.462 bits per heavy atom. The Labute approximate surface area is 161 Å². The maximum Gasteiger partial charge on any atom is 0.303 e. The van der Waals surface area contributed by atoms with Crippen LogP contribution in [-0.2, 0) is 9.59 Å². The average Bonchev–Trinajstić information content (AvgIpc) is 2.61. The second kappa shape index (κ2) is 23.9. The molecule has 0 aromatic carbocycles. The highest BCUT2D eigenvalue weighted by molar-refractivity contribution is 5.75. The standard InChI is InChI=1S/C18H38.C4H6O4/c1-3-5-7-9-11-13-15-17-18-16-14-12-10-8-6-4-2;5-3(6)1-2-4(7)8/h3-18H2,1-2H3;1-2H2,(H,5,6)(H,7,8). The zero-order valence-electron chi connectivity index (χ0n) is 17.4. The van der Waals surface area contributed by atoms with Gasteiger partial charge in [-0.1, -0.05) is 117 Å². The molecule has 4 heteroatoms. The number of carboxylic acids is 2. The van der Waals surface area contributed by atoms with Crippen molar-refractivity contribution in [3.05, 3.63) is 0 Å². The molecular weight excluding hydrogens is 328 g/mol. The fourth-order valence-corrected chi connectivity index (χ4v) is 2.84. The molecule has 2 N–H and O–H groups in total. The summed E-state index contributed by atoms with van der Waals surface area (Å²) in [5.41, 5.74) is 0. The molecule has 0 atom stereocenters. The molecule has 0 rings (SSSR count). The van der Waals surface area contributed by atoms with Crippen molar-refractivity contribution in [2.45, 2.75) is 129 Å². The van der Waals surface area contributed by atoms with Gasteiger partial charge in [0.2, 0.25) is 0 Å². The van der Waals surface area contributed by atoms with Gasteiger partial charge in [-0.05, 0) is 0 Å². The van der Waals surface area contributed by atoms with E-state index in [-0.39, 0.29) is 12.8 Å². The summed E-state index contributed by atoms with van der Waals surface area (Å²) >= 11 is 0. The van der Waals surface area contributed by atoms with Gasteiger partial charge in [0, 0.05) is 0 Å². The number of rotatable bonds is 18. The summed E-state index contributed by atoms with van der Waals surface area (Å²) in [7, 11) is 0. The number of aliphatic carboxylic acids is 2. The second-order valence-corrected chi connectivity index (χ2v) is 7.24. The highest BCUT2D eigenvalue weighted by atomic mass is 16.4. The number of hydrogen-bond donors (Lipinski definition) is 2. The van der Waals surface area contributed by atoms with Crippen molar-refractivity contribution < 1.29 is 19.8 Å². The van der Waals surface area contributed by atoms with E-state index in [2.05, 4.69) is 13.8 Å². The van der Waals surface area contributed by atoms with Gasteiger partial charge in [-0.2, -0.15) is 0 Å². The first-order chi connectivity index (χ1) is 12.5. The lowest BCUT2D eigenvalue weighted by atomic mass is 10.0. The third-order valence-corrected chi connectivity index (χ3v) is 4.51. The lowest BCUT2D eigenvalue weighted by molar-refractivity contribution is -0.143. The van der Waals surface area contributed by atoms with E-state index in [4.69, 9.17) is 10.2 Å². The van der Waals surface area contributed by atoms with Crippen LogP contribution in [0.2, 0.25) is 0 Å². The van der Waals surface area contributed by atoms with Crippen molar-refractivity contribution in [2.75, 3.05) is 0 Å². The Hall–Kier alpha value is -1.06. The van der Waals surface area contributed by atoms with E-state index in [0.29, 0.717) is 0 Å². The van der Waals surface area contributed by atoms with E-state index in [1.165, 1.54) is 103 Å². The maximum atomic E-state index is 9.64. The van der Waals surface area contributed by atoms with Gasteiger partial charge in [-0.25, -0.2) is 0 Å². The molecule has 4 nitrogen and oxygen atoms in total. The third kappa shape index (κ3) is 30.8. The molecule has 0 amide bonds. The van der Waals surface area contributed by atoms with Crippen molar-refractivity contribution >= 4 is 11.9 Å². The molecule has 0 aliphatic carbocycles. The molecule has 156 valence electrons. The number of carbonyl (C=O) groups is 2. The quantitative estimate of drug-likeness (QED) is 0.249. The highest BCUT2D eigenvalue weighted by Crippen LogP contribution is 2.13. The smallest absolute Gasteiger partial charge is 0.303 e. The van der Waals surface area contributed by atoms with Crippen LogP contribution in [0, 0.1) is 0 Å². The largest absolute Gasteiger partial charge is 0.481 e. The Morgan fingerprint density at radius 2 is 0.654 bits per heavy atom. The molecular formula is C22H44O4. The van der Waals surface area contributed by atoms with E-state index in [1.54, 1.807) is 0 Å². The Morgan fingerprint density at radius 3 is 0.808 bits per heavy atom. The van der Waals surface area contributed by atoms with Gasteiger partial charge in [0.05, 0.1) is 12.8 Å². The summed E-state index contributed by atoms with van der Waals surface area (Å²) in [5, 5.41) is 15.8. The van der Waals surface area contributed by atoms with Gasteiger partial charge in [-0.15, -0.1) is 0 Å². The van der Waals surface area contributed by atoms with Gasteiger partial charge in [0.25, 0.3) is 0 Å². The van der Waals surface area contributed by atoms with Crippen molar-refractivity contribution in [3.63, 3.8) is 0 Å². The van der Waals surface area contributed by atoms with Crippen molar-refractivity contribution in [1.29, 1.82) is 0 Å². The summed E-state index contributed by atoms with van der Waals surface area (Å²) in [6, 6.07) is 0. The lowest BCUT2D eigenvalue weighted by Gasteiger charge is -2.03. The molecule has 26 heavy (non-hydrogen) atoms. The predicted molar refractivity (Wildman–Crippen MR) is 110 cm³/mol. The first kappa shape index (κ1) is 27.2. The summed E-state index contributed by atoms with van der Waals surface area (Å²) in [5.74, 6) is -2.15. The summed E-state index contributed by atoms with van der Waals surface area (Å²) in [4.78, 5) is 19.3. The summed E-state index contributed by atoms with van der Waals surface area (Å²) < 4.78 is 0. The van der Waals surface area contributed by atoms with Crippen LogP contribution in [0.1, 0.15) is 129 Å². The first-order valence-electron chi connectivity index (χ1n) is 11.0. The van der Waals surface area contributed by atoms with Crippen LogP contribution in [0.5, 0.6) is 0 Å². The van der Waals surface area contributed by atoms with Gasteiger partial charge in [0.15, 0.2) is 0 Å². The van der Waals surface area contributed by atoms with Crippen molar-refractivity contribution in [3.8, 4) is 0 Å². The second-order valence-electron chi connectivity index (χ2n) is 7.24. The van der Waals surface area contributed by atoms with Crippen LogP contribution in [0.3, 0.4) is 0 Å². The molecule has 0 aliphatic heterocycles. The fraction of sp³-hybridized carbons (Fsp3) is 0.909. The minimum atomic E-state index is -1.08. The summed E-state index contributed by atoms with van der Waals surface area (Å²) in [6.07, 6.45) is 22.8. The number of carboxylic acid groups (broad SMARTS) is 2. The molecule has 0 aromatic heterocycles. The van der Waals surface area contributed by atoms with Gasteiger partial charge < -0.3 is 10.2 Å². The van der Waals surface area contributed by atoms with Gasteiger partial charge in [0.1, 0.15) is 0 Å². The van der Waals surface area contributed by atoms with Crippen LogP contribution >= 0.6 is 0 Å². The van der Waals surface area contributed by atoms with Crippen LogP contribution in [0.25, 0.3) is 0 Å². The van der Waals surface area contributed by atoms with Crippen molar-refractivity contribution in [1.82, 2.24) is 0 Å². The fourth-order valence-electron chi connectivity index (χ4n) is 2.84. The lowest BCUT2D eigenvalue weighted by Crippen LogP contribution is -2.00. The Kier molecular flexibility index (Phi) is 25.0. The normalized spacial score (nSPS) is 10.2. The van der Waals surface area contributed by atoms with E-state index in [0.717, 1.165) is 0 Å². The average molecular weight is 373 g/mol. The van der Waals surface area contributed by atoms with Crippen LogP contribution in [0.4, 0.5) is 0 Å². The molecule has 0 heterocycles. The van der Waals surface area contributed by atoms with Crippen LogP contribution in [0.15, 0.2) is 0 Å². The maximum absolute atomic E-state index is 9.64. The predicted octanol–water partition coefficient (Wildman–Crippen LogP) is 7.20. The minimum absolute atomic E-state index is 0.296. The molecule has 0 fully saturated rings. The first-order valence-corrected chi connectivity index (χ1v) is 11.0. The zero-order valence-corrected chi connectivity index (χ0v) is 17.4. The SMILES string of the molecule is CCCCCCCCCCCCCCCCCC.O=C(O)CCC(=O)O. The monoisotopic (exact) mass is 372 g/mol. The molecule has 0 saturated carbocycles. The molecule has 0 radical (unpaired) electrons. The van der Waals surface area contributed by atoms with Crippen LogP contribution < -0.4 is 0 Å². The van der Waals surface area contributed by atoms with E-state index < -0.39 is 11.9 Å². The molecule has 0 aliphatic rings. The van der Waals surface area contributed by atoms with E-state index in [9.17, 15) is 9.59 Å². The van der Waals surface area contributed by atoms with Gasteiger partial charge >= 0.3 is 11.9 Å². The molecule has 0 saturated heterocycles. The highest BCUT2D eigenvalue weighted by Gasteiger charge is 2.00. The Bertz CT molecular complexity index is 273. The Balaban J connectivity index is 0. The summed E-state index contributed by atoms with van der Waals surface area (Å²) in [6.45, 7) is 4.59. The minimum Gasteiger partial charge on any atom is -0.481 e. The van der Waals surface area contributed by atoms with Gasteiger partial charge in [-0.3, -0.25) is 9.59 Å². The molecule has 0 aromatic rings. The number of unbranched alkanes of at least 4 members (excludes halogenated alkanes) is 15. The zero-order chi connectivity index (χ0) is 19.9. The van der Waals surface area contributed by atoms with E-state index >= 15 is 0 Å².